The van der Waals surface area contributed by atoms with Crippen molar-refractivity contribution < 1.29 is 4.39 Å². The molecule has 1 fully saturated rings. The largest absolute Gasteiger partial charge is 0.328 e. The first-order valence-electron chi connectivity index (χ1n) is 6.19. The second-order valence-corrected chi connectivity index (χ2v) is 4.98. The lowest BCUT2D eigenvalue weighted by molar-refractivity contribution is 0.104. The predicted molar refractivity (Wildman–Crippen MR) is 66.0 cm³/mol. The molecule has 1 saturated heterocycles. The van der Waals surface area contributed by atoms with E-state index in [9.17, 15) is 4.39 Å². The van der Waals surface area contributed by atoms with Gasteiger partial charge in [0, 0.05) is 30.9 Å². The molecule has 0 spiro atoms. The molecule has 2 rings (SSSR count). The van der Waals surface area contributed by atoms with E-state index in [0.717, 1.165) is 24.9 Å². The molecule has 0 saturated carbocycles. The van der Waals surface area contributed by atoms with Crippen LogP contribution in [-0.2, 0) is 0 Å². The van der Waals surface area contributed by atoms with E-state index < -0.39 is 0 Å². The molecule has 0 amide bonds. The third-order valence-electron chi connectivity index (χ3n) is 3.67. The maximum atomic E-state index is 13.2. The Balaban J connectivity index is 2.12. The van der Waals surface area contributed by atoms with Crippen LogP contribution in [0.1, 0.15) is 38.3 Å². The van der Waals surface area contributed by atoms with Gasteiger partial charge in [0.25, 0.3) is 0 Å². The van der Waals surface area contributed by atoms with Gasteiger partial charge in [0.15, 0.2) is 0 Å². The lowest BCUT2D eigenvalue weighted by Gasteiger charge is -2.40. The Morgan fingerprint density at radius 1 is 1.53 bits per heavy atom. The summed E-state index contributed by atoms with van der Waals surface area (Å²) in [6, 6.07) is 2.51. The standard InChI is InChI=1S/C13H20FN3/c1-9-5-13(15)3-4-17(9)10(2)11-6-12(14)8-16-7-11/h6-10,13H,3-5,15H2,1-2H3. The van der Waals surface area contributed by atoms with Gasteiger partial charge in [0.2, 0.25) is 0 Å². The van der Waals surface area contributed by atoms with Crippen LogP contribution in [0.2, 0.25) is 0 Å². The maximum Gasteiger partial charge on any atom is 0.141 e. The van der Waals surface area contributed by atoms with Gasteiger partial charge in [-0.15, -0.1) is 0 Å². The summed E-state index contributed by atoms with van der Waals surface area (Å²) in [4.78, 5) is 6.29. The number of aromatic nitrogens is 1. The van der Waals surface area contributed by atoms with Crippen LogP contribution in [0.5, 0.6) is 0 Å². The second-order valence-electron chi connectivity index (χ2n) is 4.98. The van der Waals surface area contributed by atoms with Gasteiger partial charge in [-0.3, -0.25) is 9.88 Å². The van der Waals surface area contributed by atoms with Gasteiger partial charge in [0.1, 0.15) is 5.82 Å². The molecule has 94 valence electrons. The number of halogens is 1. The fraction of sp³-hybridized carbons (Fsp3) is 0.615. The highest BCUT2D eigenvalue weighted by molar-refractivity contribution is 5.15. The Hall–Kier alpha value is -1.00. The molecular formula is C13H20FN3. The molecule has 1 aliphatic heterocycles. The fourth-order valence-corrected chi connectivity index (χ4v) is 2.65. The summed E-state index contributed by atoms with van der Waals surface area (Å²) in [6.45, 7) is 5.26. The summed E-state index contributed by atoms with van der Waals surface area (Å²) in [5, 5.41) is 0. The Kier molecular flexibility index (Phi) is 3.74. The Bertz CT molecular complexity index is 383. The topological polar surface area (TPSA) is 42.1 Å². The van der Waals surface area contributed by atoms with E-state index in [-0.39, 0.29) is 11.9 Å². The predicted octanol–water partition coefficient (Wildman–Crippen LogP) is 2.09. The molecule has 3 atom stereocenters. The number of rotatable bonds is 2. The molecule has 4 heteroatoms. The van der Waals surface area contributed by atoms with Crippen molar-refractivity contribution in [1.29, 1.82) is 0 Å². The summed E-state index contributed by atoms with van der Waals surface area (Å²) in [5.41, 5.74) is 6.89. The number of nitrogens with zero attached hydrogens (tertiary/aromatic N) is 2. The minimum absolute atomic E-state index is 0.195. The van der Waals surface area contributed by atoms with Crippen molar-refractivity contribution in [2.75, 3.05) is 6.54 Å². The van der Waals surface area contributed by atoms with Crippen LogP contribution >= 0.6 is 0 Å². The van der Waals surface area contributed by atoms with Gasteiger partial charge in [-0.25, -0.2) is 4.39 Å². The number of nitrogens with two attached hydrogens (primary N) is 1. The normalized spacial score (nSPS) is 28.0. The van der Waals surface area contributed by atoms with Crippen LogP contribution in [0.4, 0.5) is 4.39 Å². The molecule has 3 unspecified atom stereocenters. The van der Waals surface area contributed by atoms with E-state index in [1.54, 1.807) is 12.3 Å². The molecule has 2 heterocycles. The average Bonchev–Trinajstić information content (AvgIpc) is 2.28. The monoisotopic (exact) mass is 237 g/mol. The lowest BCUT2D eigenvalue weighted by atomic mass is 9.96. The minimum Gasteiger partial charge on any atom is -0.328 e. The van der Waals surface area contributed by atoms with Crippen LogP contribution in [-0.4, -0.2) is 28.5 Å². The summed E-state index contributed by atoms with van der Waals surface area (Å²) in [7, 11) is 0. The van der Waals surface area contributed by atoms with E-state index in [4.69, 9.17) is 5.73 Å². The van der Waals surface area contributed by atoms with Gasteiger partial charge >= 0.3 is 0 Å². The zero-order chi connectivity index (χ0) is 12.4. The summed E-state index contributed by atoms with van der Waals surface area (Å²) in [6.07, 6.45) is 5.01. The third kappa shape index (κ3) is 2.82. The fourth-order valence-electron chi connectivity index (χ4n) is 2.65. The molecule has 0 radical (unpaired) electrons. The SMILES string of the molecule is CC1CC(N)CCN1C(C)c1cncc(F)c1. The number of piperidine rings is 1. The first-order chi connectivity index (χ1) is 8.08. The first kappa shape index (κ1) is 12.5. The molecule has 17 heavy (non-hydrogen) atoms. The summed E-state index contributed by atoms with van der Waals surface area (Å²) >= 11 is 0. The van der Waals surface area contributed by atoms with Gasteiger partial charge in [0.05, 0.1) is 6.20 Å². The molecule has 0 aromatic carbocycles. The van der Waals surface area contributed by atoms with Crippen molar-refractivity contribution in [3.8, 4) is 0 Å². The highest BCUT2D eigenvalue weighted by Crippen LogP contribution is 2.27. The quantitative estimate of drug-likeness (QED) is 0.856. The number of hydrogen-bond acceptors (Lipinski definition) is 3. The minimum atomic E-state index is -0.268. The van der Waals surface area contributed by atoms with Crippen molar-refractivity contribution in [2.45, 2.75) is 44.8 Å². The highest BCUT2D eigenvalue weighted by atomic mass is 19.1. The van der Waals surface area contributed by atoms with Gasteiger partial charge < -0.3 is 5.73 Å². The number of likely N-dealkylation sites (tertiary alicyclic amines) is 1. The van der Waals surface area contributed by atoms with E-state index in [1.165, 1.54) is 6.20 Å². The maximum absolute atomic E-state index is 13.2. The van der Waals surface area contributed by atoms with E-state index in [1.807, 2.05) is 0 Å². The van der Waals surface area contributed by atoms with Gasteiger partial charge in [-0.2, -0.15) is 0 Å². The van der Waals surface area contributed by atoms with Gasteiger partial charge in [-0.1, -0.05) is 0 Å². The van der Waals surface area contributed by atoms with Crippen molar-refractivity contribution in [1.82, 2.24) is 9.88 Å². The van der Waals surface area contributed by atoms with E-state index >= 15 is 0 Å². The van der Waals surface area contributed by atoms with Crippen LogP contribution in [0.25, 0.3) is 0 Å². The smallest absolute Gasteiger partial charge is 0.141 e. The van der Waals surface area contributed by atoms with Crippen LogP contribution in [0.3, 0.4) is 0 Å². The molecule has 1 aliphatic rings. The average molecular weight is 237 g/mol. The molecule has 1 aromatic heterocycles. The first-order valence-corrected chi connectivity index (χ1v) is 6.19. The molecular weight excluding hydrogens is 217 g/mol. The summed E-state index contributed by atoms with van der Waals surface area (Å²) in [5.74, 6) is -0.268. The molecule has 2 N–H and O–H groups in total. The van der Waals surface area contributed by atoms with Crippen LogP contribution in [0.15, 0.2) is 18.5 Å². The second kappa shape index (κ2) is 5.10. The van der Waals surface area contributed by atoms with Crippen molar-refractivity contribution in [3.63, 3.8) is 0 Å². The van der Waals surface area contributed by atoms with Crippen molar-refractivity contribution in [2.24, 2.45) is 5.73 Å². The van der Waals surface area contributed by atoms with Crippen LogP contribution < -0.4 is 5.73 Å². The van der Waals surface area contributed by atoms with E-state index in [2.05, 4.69) is 23.7 Å². The van der Waals surface area contributed by atoms with Gasteiger partial charge in [-0.05, 0) is 38.3 Å². The van der Waals surface area contributed by atoms with Crippen LogP contribution in [0, 0.1) is 5.82 Å². The Labute approximate surface area is 102 Å². The zero-order valence-electron chi connectivity index (χ0n) is 10.4. The lowest BCUT2D eigenvalue weighted by Crippen LogP contribution is -2.46. The van der Waals surface area contributed by atoms with Crippen molar-refractivity contribution in [3.05, 3.63) is 29.8 Å². The number of pyridine rings is 1. The third-order valence-corrected chi connectivity index (χ3v) is 3.67. The highest BCUT2D eigenvalue weighted by Gasteiger charge is 2.27. The summed E-state index contributed by atoms with van der Waals surface area (Å²) < 4.78 is 13.2. The zero-order valence-corrected chi connectivity index (χ0v) is 10.4. The molecule has 0 bridgehead atoms. The molecule has 0 aliphatic carbocycles. The molecule has 1 aromatic rings. The Morgan fingerprint density at radius 2 is 2.29 bits per heavy atom. The Morgan fingerprint density at radius 3 is 2.94 bits per heavy atom. The van der Waals surface area contributed by atoms with E-state index in [0.29, 0.717) is 12.1 Å². The molecule has 3 nitrogen and oxygen atoms in total. The van der Waals surface area contributed by atoms with Crippen molar-refractivity contribution >= 4 is 0 Å². The number of hydrogen-bond donors (Lipinski definition) is 1.